The molecular formula is C9H15N. The number of likely N-dealkylation sites (N-methyl/N-ethyl adjacent to an activating group) is 1. The summed E-state index contributed by atoms with van der Waals surface area (Å²) in [4.78, 5) is 0. The van der Waals surface area contributed by atoms with Crippen LogP contribution >= 0.6 is 0 Å². The number of hydrogen-bond acceptors (Lipinski definition) is 1. The summed E-state index contributed by atoms with van der Waals surface area (Å²) in [6.45, 7) is 6.53. The highest BCUT2D eigenvalue weighted by molar-refractivity contribution is 5.23. The molecule has 0 unspecified atom stereocenters. The maximum Gasteiger partial charge on any atom is 0.0202 e. The molecule has 0 radical (unpaired) electrons. The Balaban J connectivity index is 3.96. The second-order valence-electron chi connectivity index (χ2n) is 2.01. The van der Waals surface area contributed by atoms with Gasteiger partial charge in [-0.05, 0) is 19.5 Å². The fourth-order valence-electron chi connectivity index (χ4n) is 0.743. The molecule has 0 spiro atoms. The Morgan fingerprint density at radius 2 is 2.30 bits per heavy atom. The molecule has 0 saturated heterocycles. The van der Waals surface area contributed by atoms with Crippen molar-refractivity contribution in [2.75, 3.05) is 13.6 Å². The van der Waals surface area contributed by atoms with Gasteiger partial charge in [-0.3, -0.25) is 0 Å². The van der Waals surface area contributed by atoms with Crippen LogP contribution < -0.4 is 5.32 Å². The van der Waals surface area contributed by atoms with Crippen LogP contribution in [0.5, 0.6) is 0 Å². The van der Waals surface area contributed by atoms with E-state index in [0.29, 0.717) is 0 Å². The Labute approximate surface area is 63.1 Å². The highest BCUT2D eigenvalue weighted by Gasteiger charge is 1.84. The maximum absolute atomic E-state index is 3.63. The first-order valence-electron chi connectivity index (χ1n) is 3.44. The van der Waals surface area contributed by atoms with Gasteiger partial charge >= 0.3 is 0 Å². The summed E-state index contributed by atoms with van der Waals surface area (Å²) in [6, 6.07) is 0. The van der Waals surface area contributed by atoms with Crippen molar-refractivity contribution in [1.82, 2.24) is 5.32 Å². The zero-order chi connectivity index (χ0) is 7.82. The van der Waals surface area contributed by atoms with E-state index in [-0.39, 0.29) is 0 Å². The monoisotopic (exact) mass is 137 g/mol. The van der Waals surface area contributed by atoms with Crippen molar-refractivity contribution in [3.63, 3.8) is 0 Å². The third kappa shape index (κ3) is 4.10. The van der Waals surface area contributed by atoms with Crippen molar-refractivity contribution >= 4 is 0 Å². The van der Waals surface area contributed by atoms with Gasteiger partial charge in [0.1, 0.15) is 0 Å². The minimum absolute atomic E-state index is 0.899. The predicted octanol–water partition coefficient (Wildman–Crippen LogP) is 1.89. The Morgan fingerprint density at radius 3 is 2.70 bits per heavy atom. The summed E-state index contributed by atoms with van der Waals surface area (Å²) in [5, 5.41) is 3.07. The lowest BCUT2D eigenvalue weighted by atomic mass is 10.2. The molecule has 0 aliphatic carbocycles. The number of nitrogens with one attached hydrogen (secondary N) is 1. The molecule has 0 saturated carbocycles. The Bertz CT molecular complexity index is 143. The van der Waals surface area contributed by atoms with Crippen LogP contribution in [0, 0.1) is 0 Å². The Morgan fingerprint density at radius 1 is 1.60 bits per heavy atom. The van der Waals surface area contributed by atoms with Crippen molar-refractivity contribution in [3.05, 3.63) is 36.5 Å². The predicted molar refractivity (Wildman–Crippen MR) is 47.0 cm³/mol. The summed E-state index contributed by atoms with van der Waals surface area (Å²) in [6.07, 6.45) is 7.88. The summed E-state index contributed by atoms with van der Waals surface area (Å²) in [7, 11) is 1.93. The number of rotatable bonds is 4. The third-order valence-corrected chi connectivity index (χ3v) is 1.09. The second-order valence-corrected chi connectivity index (χ2v) is 2.01. The van der Waals surface area contributed by atoms with Gasteiger partial charge < -0.3 is 5.32 Å². The molecule has 0 aliphatic rings. The second kappa shape index (κ2) is 6.30. The van der Waals surface area contributed by atoms with E-state index in [1.807, 2.05) is 26.1 Å². The van der Waals surface area contributed by atoms with Gasteiger partial charge in [0, 0.05) is 6.54 Å². The summed E-state index contributed by atoms with van der Waals surface area (Å²) in [5.41, 5.74) is 1.25. The van der Waals surface area contributed by atoms with Crippen molar-refractivity contribution < 1.29 is 0 Å². The Kier molecular flexibility index (Phi) is 5.79. The van der Waals surface area contributed by atoms with Gasteiger partial charge in [0.2, 0.25) is 0 Å². The Hall–Kier alpha value is -0.820. The molecule has 0 heterocycles. The molecule has 0 rings (SSSR count). The normalized spacial score (nSPS) is 12.4. The third-order valence-electron chi connectivity index (χ3n) is 1.09. The summed E-state index contributed by atoms with van der Waals surface area (Å²) in [5.74, 6) is 0. The van der Waals surface area contributed by atoms with Gasteiger partial charge in [0.15, 0.2) is 0 Å². The van der Waals surface area contributed by atoms with E-state index in [0.717, 1.165) is 6.54 Å². The lowest BCUT2D eigenvalue weighted by molar-refractivity contribution is 0.895. The SMILES string of the molecule is C=C/C=C(\C=C/C)CNC. The highest BCUT2D eigenvalue weighted by atomic mass is 14.8. The fourth-order valence-corrected chi connectivity index (χ4v) is 0.743. The van der Waals surface area contributed by atoms with Crippen LogP contribution in [-0.4, -0.2) is 13.6 Å². The van der Waals surface area contributed by atoms with Crippen molar-refractivity contribution in [2.45, 2.75) is 6.92 Å². The van der Waals surface area contributed by atoms with Crippen LogP contribution in [0.2, 0.25) is 0 Å². The molecule has 0 bridgehead atoms. The summed E-state index contributed by atoms with van der Waals surface area (Å²) >= 11 is 0. The molecule has 1 N–H and O–H groups in total. The quantitative estimate of drug-likeness (QED) is 0.583. The lowest BCUT2D eigenvalue weighted by Gasteiger charge is -1.97. The van der Waals surface area contributed by atoms with E-state index in [1.165, 1.54) is 5.57 Å². The molecule has 0 aromatic carbocycles. The van der Waals surface area contributed by atoms with E-state index in [4.69, 9.17) is 0 Å². The first-order valence-corrected chi connectivity index (χ1v) is 3.44. The van der Waals surface area contributed by atoms with Crippen LogP contribution in [-0.2, 0) is 0 Å². The van der Waals surface area contributed by atoms with E-state index in [1.54, 1.807) is 6.08 Å². The smallest absolute Gasteiger partial charge is 0.0202 e. The van der Waals surface area contributed by atoms with Crippen LogP contribution in [0.4, 0.5) is 0 Å². The molecule has 10 heavy (non-hydrogen) atoms. The molecule has 0 atom stereocenters. The first-order chi connectivity index (χ1) is 4.85. The van der Waals surface area contributed by atoms with Gasteiger partial charge in [0.05, 0.1) is 0 Å². The molecule has 0 aromatic rings. The standard InChI is InChI=1S/C9H15N/c1-4-6-9(7-5-2)8-10-3/h4-7,10H,1,8H2,2-3H3/b7-5-,9-6+. The molecular weight excluding hydrogens is 122 g/mol. The first kappa shape index (κ1) is 9.18. The van der Waals surface area contributed by atoms with Crippen molar-refractivity contribution in [2.24, 2.45) is 0 Å². The maximum atomic E-state index is 3.63. The van der Waals surface area contributed by atoms with Crippen molar-refractivity contribution in [3.8, 4) is 0 Å². The number of allylic oxidation sites excluding steroid dienone is 3. The van der Waals surface area contributed by atoms with Gasteiger partial charge in [-0.1, -0.05) is 30.9 Å². The number of hydrogen-bond donors (Lipinski definition) is 1. The molecule has 0 aliphatic heterocycles. The molecule has 0 aromatic heterocycles. The zero-order valence-corrected chi connectivity index (χ0v) is 6.72. The molecule has 56 valence electrons. The fraction of sp³-hybridized carbons (Fsp3) is 0.333. The minimum atomic E-state index is 0.899. The molecule has 0 amide bonds. The van der Waals surface area contributed by atoms with E-state index >= 15 is 0 Å². The van der Waals surface area contributed by atoms with E-state index in [9.17, 15) is 0 Å². The van der Waals surface area contributed by atoms with Gasteiger partial charge in [-0.15, -0.1) is 0 Å². The van der Waals surface area contributed by atoms with E-state index in [2.05, 4.69) is 18.0 Å². The van der Waals surface area contributed by atoms with Crippen molar-refractivity contribution in [1.29, 1.82) is 0 Å². The topological polar surface area (TPSA) is 12.0 Å². The van der Waals surface area contributed by atoms with Crippen LogP contribution in [0.25, 0.3) is 0 Å². The summed E-state index contributed by atoms with van der Waals surface area (Å²) < 4.78 is 0. The van der Waals surface area contributed by atoms with Gasteiger partial charge in [0.25, 0.3) is 0 Å². The van der Waals surface area contributed by atoms with E-state index < -0.39 is 0 Å². The largest absolute Gasteiger partial charge is 0.316 e. The van der Waals surface area contributed by atoms with Crippen LogP contribution in [0.1, 0.15) is 6.92 Å². The van der Waals surface area contributed by atoms with Gasteiger partial charge in [-0.25, -0.2) is 0 Å². The van der Waals surface area contributed by atoms with Crippen LogP contribution in [0.15, 0.2) is 36.5 Å². The van der Waals surface area contributed by atoms with Crippen LogP contribution in [0.3, 0.4) is 0 Å². The average Bonchev–Trinajstić information content (AvgIpc) is 1.90. The highest BCUT2D eigenvalue weighted by Crippen LogP contribution is 1.94. The van der Waals surface area contributed by atoms with Gasteiger partial charge in [-0.2, -0.15) is 0 Å². The molecule has 1 nitrogen and oxygen atoms in total. The molecule has 0 fully saturated rings. The minimum Gasteiger partial charge on any atom is -0.316 e. The average molecular weight is 137 g/mol. The molecule has 1 heteroatoms. The zero-order valence-electron chi connectivity index (χ0n) is 6.72. The lowest BCUT2D eigenvalue weighted by Crippen LogP contribution is -2.08.